The fourth-order valence-electron chi connectivity index (χ4n) is 1.32. The van der Waals surface area contributed by atoms with E-state index in [9.17, 15) is 5.11 Å². The molecule has 0 bridgehead atoms. The van der Waals surface area contributed by atoms with Crippen LogP contribution < -0.4 is 0 Å². The van der Waals surface area contributed by atoms with Gasteiger partial charge in [-0.2, -0.15) is 0 Å². The number of aliphatic hydroxyl groups excluding tert-OH is 1. The van der Waals surface area contributed by atoms with Crippen LogP contribution in [0, 0.1) is 0 Å². The molecule has 3 nitrogen and oxygen atoms in total. The van der Waals surface area contributed by atoms with Crippen molar-refractivity contribution in [2.24, 2.45) is 0 Å². The van der Waals surface area contributed by atoms with Gasteiger partial charge in [0, 0.05) is 7.11 Å². The molecule has 78 valence electrons. The van der Waals surface area contributed by atoms with Gasteiger partial charge in [0.05, 0.1) is 12.7 Å². The number of benzene rings is 1. The number of aryl methyl sites for hydroxylation is 1. The van der Waals surface area contributed by atoms with Crippen molar-refractivity contribution in [2.75, 3.05) is 13.7 Å². The van der Waals surface area contributed by atoms with Gasteiger partial charge in [-0.05, 0) is 30.5 Å². The van der Waals surface area contributed by atoms with Gasteiger partial charge in [-0.1, -0.05) is 12.1 Å². The van der Waals surface area contributed by atoms with Crippen LogP contribution in [0.3, 0.4) is 0 Å². The zero-order chi connectivity index (χ0) is 10.4. The Kier molecular flexibility index (Phi) is 4.43. The van der Waals surface area contributed by atoms with Crippen LogP contribution in [0.5, 0.6) is 5.75 Å². The molecule has 0 amide bonds. The van der Waals surface area contributed by atoms with E-state index in [2.05, 4.69) is 0 Å². The lowest BCUT2D eigenvalue weighted by Gasteiger charge is -2.11. The molecule has 1 atom stereocenters. The van der Waals surface area contributed by atoms with Crippen molar-refractivity contribution in [1.29, 1.82) is 0 Å². The van der Waals surface area contributed by atoms with E-state index in [1.165, 1.54) is 0 Å². The van der Waals surface area contributed by atoms with Crippen LogP contribution in [0.15, 0.2) is 24.3 Å². The minimum atomic E-state index is -0.114. The van der Waals surface area contributed by atoms with Crippen molar-refractivity contribution in [3.63, 3.8) is 0 Å². The highest BCUT2D eigenvalue weighted by atomic mass is 16.5. The number of ether oxygens (including phenoxy) is 1. The van der Waals surface area contributed by atoms with Gasteiger partial charge >= 0.3 is 0 Å². The number of phenols is 1. The average Bonchev–Trinajstić information content (AvgIpc) is 2.19. The predicted octanol–water partition coefficient (Wildman–Crippen LogP) is 1.33. The quantitative estimate of drug-likeness (QED) is 0.747. The second-order valence-corrected chi connectivity index (χ2v) is 3.25. The Bertz CT molecular complexity index is 269. The lowest BCUT2D eigenvalue weighted by Crippen LogP contribution is -2.16. The van der Waals surface area contributed by atoms with Crippen molar-refractivity contribution in [3.05, 3.63) is 29.8 Å². The number of aliphatic hydroxyl groups is 1. The Morgan fingerprint density at radius 3 is 2.79 bits per heavy atom. The van der Waals surface area contributed by atoms with Crippen molar-refractivity contribution in [2.45, 2.75) is 18.9 Å². The highest BCUT2D eigenvalue weighted by Crippen LogP contribution is 2.13. The summed E-state index contributed by atoms with van der Waals surface area (Å²) in [6, 6.07) is 7.13. The largest absolute Gasteiger partial charge is 0.508 e. The third-order valence-corrected chi connectivity index (χ3v) is 2.20. The van der Waals surface area contributed by atoms with Crippen molar-refractivity contribution in [1.82, 2.24) is 0 Å². The van der Waals surface area contributed by atoms with Crippen LogP contribution in [-0.4, -0.2) is 30.0 Å². The number of hydrogen-bond donors (Lipinski definition) is 2. The molecule has 0 saturated carbocycles. The second kappa shape index (κ2) is 5.62. The smallest absolute Gasteiger partial charge is 0.115 e. The van der Waals surface area contributed by atoms with Gasteiger partial charge in [0.15, 0.2) is 0 Å². The first-order chi connectivity index (χ1) is 6.76. The molecule has 0 aliphatic rings. The normalized spacial score (nSPS) is 12.7. The molecule has 1 aromatic carbocycles. The summed E-state index contributed by atoms with van der Waals surface area (Å²) < 4.78 is 5.04. The molecular formula is C11H16O3. The molecule has 0 aliphatic carbocycles. The molecular weight excluding hydrogens is 180 g/mol. The van der Waals surface area contributed by atoms with E-state index in [4.69, 9.17) is 9.84 Å². The maximum atomic E-state index is 9.21. The first-order valence-electron chi connectivity index (χ1n) is 4.68. The molecule has 0 aliphatic heterocycles. The highest BCUT2D eigenvalue weighted by molar-refractivity contribution is 5.27. The zero-order valence-corrected chi connectivity index (χ0v) is 8.31. The maximum absolute atomic E-state index is 9.21. The SMILES string of the molecule is COC(CO)CCc1cccc(O)c1. The van der Waals surface area contributed by atoms with E-state index in [0.717, 1.165) is 18.4 Å². The van der Waals surface area contributed by atoms with Gasteiger partial charge in [-0.3, -0.25) is 0 Å². The molecule has 1 unspecified atom stereocenters. The predicted molar refractivity (Wildman–Crippen MR) is 54.3 cm³/mol. The minimum Gasteiger partial charge on any atom is -0.508 e. The van der Waals surface area contributed by atoms with Crippen LogP contribution in [0.4, 0.5) is 0 Å². The van der Waals surface area contributed by atoms with Crippen LogP contribution in [-0.2, 0) is 11.2 Å². The number of methoxy groups -OCH3 is 1. The molecule has 14 heavy (non-hydrogen) atoms. The van der Waals surface area contributed by atoms with Crippen LogP contribution in [0.2, 0.25) is 0 Å². The standard InChI is InChI=1S/C11H16O3/c1-14-11(8-12)6-5-9-3-2-4-10(13)7-9/h2-4,7,11-13H,5-6,8H2,1H3. The topological polar surface area (TPSA) is 49.7 Å². The van der Waals surface area contributed by atoms with Crippen molar-refractivity contribution < 1.29 is 14.9 Å². The Labute approximate surface area is 84.0 Å². The minimum absolute atomic E-state index is 0.0370. The first kappa shape index (κ1) is 11.0. The Hall–Kier alpha value is -1.06. The fraction of sp³-hybridized carbons (Fsp3) is 0.455. The second-order valence-electron chi connectivity index (χ2n) is 3.25. The van der Waals surface area contributed by atoms with E-state index in [0.29, 0.717) is 0 Å². The van der Waals surface area contributed by atoms with Crippen molar-refractivity contribution in [3.8, 4) is 5.75 Å². The van der Waals surface area contributed by atoms with Gasteiger partial charge < -0.3 is 14.9 Å². The first-order valence-corrected chi connectivity index (χ1v) is 4.68. The van der Waals surface area contributed by atoms with Gasteiger partial charge in [0.1, 0.15) is 5.75 Å². The van der Waals surface area contributed by atoms with Crippen LogP contribution >= 0.6 is 0 Å². The molecule has 2 N–H and O–H groups in total. The van der Waals surface area contributed by atoms with Gasteiger partial charge in [0.2, 0.25) is 0 Å². The third-order valence-electron chi connectivity index (χ3n) is 2.20. The van der Waals surface area contributed by atoms with E-state index >= 15 is 0 Å². The molecule has 1 aromatic rings. The summed E-state index contributed by atoms with van der Waals surface area (Å²) in [5.41, 5.74) is 1.06. The van der Waals surface area contributed by atoms with E-state index in [1.54, 1.807) is 19.2 Å². The van der Waals surface area contributed by atoms with Crippen molar-refractivity contribution >= 4 is 0 Å². The Morgan fingerprint density at radius 2 is 2.21 bits per heavy atom. The van der Waals surface area contributed by atoms with E-state index in [1.807, 2.05) is 12.1 Å². The van der Waals surface area contributed by atoms with Crippen LogP contribution in [0.1, 0.15) is 12.0 Å². The number of hydrogen-bond acceptors (Lipinski definition) is 3. The van der Waals surface area contributed by atoms with E-state index < -0.39 is 0 Å². The summed E-state index contributed by atoms with van der Waals surface area (Å²) in [6.45, 7) is 0.0370. The zero-order valence-electron chi connectivity index (χ0n) is 8.31. The summed E-state index contributed by atoms with van der Waals surface area (Å²) in [5.74, 6) is 0.278. The number of phenolic OH excluding ortho intramolecular Hbond substituents is 1. The Balaban J connectivity index is 2.44. The summed E-state index contributed by atoms with van der Waals surface area (Å²) in [5, 5.41) is 18.1. The lowest BCUT2D eigenvalue weighted by atomic mass is 10.1. The highest BCUT2D eigenvalue weighted by Gasteiger charge is 2.05. The van der Waals surface area contributed by atoms with E-state index in [-0.39, 0.29) is 18.5 Å². The fourth-order valence-corrected chi connectivity index (χ4v) is 1.32. The molecule has 0 spiro atoms. The molecule has 0 fully saturated rings. The summed E-state index contributed by atoms with van der Waals surface area (Å²) in [6.07, 6.45) is 1.45. The van der Waals surface area contributed by atoms with Gasteiger partial charge in [-0.25, -0.2) is 0 Å². The molecule has 0 aromatic heterocycles. The maximum Gasteiger partial charge on any atom is 0.115 e. The van der Waals surface area contributed by atoms with Crippen LogP contribution in [0.25, 0.3) is 0 Å². The van der Waals surface area contributed by atoms with Gasteiger partial charge in [-0.15, -0.1) is 0 Å². The summed E-state index contributed by atoms with van der Waals surface area (Å²) >= 11 is 0. The summed E-state index contributed by atoms with van der Waals surface area (Å²) in [7, 11) is 1.59. The average molecular weight is 196 g/mol. The molecule has 3 heteroatoms. The third kappa shape index (κ3) is 3.36. The molecule has 1 rings (SSSR count). The lowest BCUT2D eigenvalue weighted by molar-refractivity contribution is 0.0435. The number of rotatable bonds is 5. The molecule has 0 saturated heterocycles. The molecule has 0 heterocycles. The van der Waals surface area contributed by atoms with Gasteiger partial charge in [0.25, 0.3) is 0 Å². The number of aromatic hydroxyl groups is 1. The summed E-state index contributed by atoms with van der Waals surface area (Å²) in [4.78, 5) is 0. The molecule has 0 radical (unpaired) electrons. The Morgan fingerprint density at radius 1 is 1.43 bits per heavy atom. The monoisotopic (exact) mass is 196 g/mol.